The number of amides is 3. The molecule has 0 heterocycles. The van der Waals surface area contributed by atoms with E-state index in [0.29, 0.717) is 25.1 Å². The summed E-state index contributed by atoms with van der Waals surface area (Å²) in [7, 11) is 0. The Bertz CT molecular complexity index is 776. The summed E-state index contributed by atoms with van der Waals surface area (Å²) in [6, 6.07) is 3.59. The second-order valence-electron chi connectivity index (χ2n) is 7.27. The first-order valence-corrected chi connectivity index (χ1v) is 11.5. The fraction of sp³-hybridized carbons (Fsp3) is 0.500. The van der Waals surface area contributed by atoms with Gasteiger partial charge in [0.1, 0.15) is 17.8 Å². The van der Waals surface area contributed by atoms with Crippen molar-refractivity contribution in [1.82, 2.24) is 16.0 Å². The van der Waals surface area contributed by atoms with Crippen LogP contribution in [0.4, 0.5) is 0 Å². The van der Waals surface area contributed by atoms with Gasteiger partial charge in [0.25, 0.3) is 0 Å². The smallest absolute Gasteiger partial charge is 0.243 e. The van der Waals surface area contributed by atoms with E-state index < -0.39 is 35.8 Å². The third kappa shape index (κ3) is 10.4. The third-order valence-corrected chi connectivity index (χ3v) is 5.26. The van der Waals surface area contributed by atoms with Gasteiger partial charge in [0, 0.05) is 6.54 Å². The Morgan fingerprint density at radius 1 is 1.06 bits per heavy atom. The lowest BCUT2D eigenvalue weighted by Crippen LogP contribution is -2.55. The van der Waals surface area contributed by atoms with Crippen LogP contribution < -0.4 is 33.2 Å². The number of aromatic hydroxyl groups is 1. The summed E-state index contributed by atoms with van der Waals surface area (Å²) in [4.78, 5) is 37.1. The zero-order valence-electron chi connectivity index (χ0n) is 18.1. The van der Waals surface area contributed by atoms with Crippen LogP contribution in [-0.4, -0.2) is 65.5 Å². The van der Waals surface area contributed by atoms with Crippen molar-refractivity contribution in [2.75, 3.05) is 18.6 Å². The lowest BCUT2D eigenvalue weighted by molar-refractivity contribution is -0.131. The standard InChI is InChI=1S/C20H33N7O4S/c1-32-10-8-15(17(22)29)26-19(31)16(3-2-9-25-20(23)24)27-18(30)14(21)11-12-4-6-13(28)7-5-12/h4-7,14-16,28H,2-3,8-11,21H2,1H3,(H2,22,29)(H,26,31)(H,27,30)(H4,23,24,25)/t14-,15+,16-/m0/s1. The average molecular weight is 468 g/mol. The van der Waals surface area contributed by atoms with Crippen LogP contribution in [0, 0.1) is 5.41 Å². The van der Waals surface area contributed by atoms with Crippen molar-refractivity contribution < 1.29 is 19.5 Å². The molecule has 1 aromatic carbocycles. The predicted octanol–water partition coefficient (Wildman–Crippen LogP) is -1.27. The number of phenolic OH excluding ortho intramolecular Hbond substituents is 1. The van der Waals surface area contributed by atoms with E-state index in [-0.39, 0.29) is 24.6 Å². The van der Waals surface area contributed by atoms with Crippen LogP contribution in [-0.2, 0) is 20.8 Å². The zero-order valence-corrected chi connectivity index (χ0v) is 18.9. The average Bonchev–Trinajstić information content (AvgIpc) is 2.74. The Morgan fingerprint density at radius 3 is 2.25 bits per heavy atom. The molecule has 1 aromatic rings. The molecule has 32 heavy (non-hydrogen) atoms. The monoisotopic (exact) mass is 467 g/mol. The predicted molar refractivity (Wildman–Crippen MR) is 125 cm³/mol. The fourth-order valence-electron chi connectivity index (χ4n) is 2.85. The van der Waals surface area contributed by atoms with Gasteiger partial charge in [-0.25, -0.2) is 0 Å². The lowest BCUT2D eigenvalue weighted by Gasteiger charge is -2.23. The molecule has 12 heteroatoms. The summed E-state index contributed by atoms with van der Waals surface area (Å²) in [5.74, 6) is -1.18. The number of hydrogen-bond donors (Lipinski definition) is 8. The summed E-state index contributed by atoms with van der Waals surface area (Å²) in [5, 5.41) is 24.4. The summed E-state index contributed by atoms with van der Waals surface area (Å²) in [6.45, 7) is 0.334. The largest absolute Gasteiger partial charge is 0.508 e. The van der Waals surface area contributed by atoms with Crippen LogP contribution in [0.2, 0.25) is 0 Å². The highest BCUT2D eigenvalue weighted by Gasteiger charge is 2.27. The maximum Gasteiger partial charge on any atom is 0.243 e. The van der Waals surface area contributed by atoms with Crippen molar-refractivity contribution in [2.24, 2.45) is 17.2 Å². The van der Waals surface area contributed by atoms with Gasteiger partial charge < -0.3 is 38.3 Å². The number of guanidine groups is 1. The molecule has 0 bridgehead atoms. The minimum atomic E-state index is -0.946. The highest BCUT2D eigenvalue weighted by Crippen LogP contribution is 2.11. The Labute approximate surface area is 191 Å². The van der Waals surface area contributed by atoms with Crippen molar-refractivity contribution >= 4 is 35.4 Å². The Kier molecular flexibility index (Phi) is 12.0. The summed E-state index contributed by atoms with van der Waals surface area (Å²) < 4.78 is 0. The molecule has 0 spiro atoms. The number of carbonyl (C=O) groups is 3. The first kappa shape index (κ1) is 27.0. The quantitative estimate of drug-likeness (QED) is 0.0937. The molecule has 0 unspecified atom stereocenters. The maximum atomic E-state index is 12.8. The molecule has 0 saturated heterocycles. The molecule has 1 rings (SSSR count). The summed E-state index contributed by atoms with van der Waals surface area (Å²) in [5.41, 5.74) is 17.4. The molecule has 11 nitrogen and oxygen atoms in total. The molecule has 0 aliphatic heterocycles. The molecular weight excluding hydrogens is 434 g/mol. The van der Waals surface area contributed by atoms with Gasteiger partial charge in [-0.2, -0.15) is 11.8 Å². The highest BCUT2D eigenvalue weighted by atomic mass is 32.2. The lowest BCUT2D eigenvalue weighted by atomic mass is 10.0. The van der Waals surface area contributed by atoms with E-state index in [1.165, 1.54) is 23.9 Å². The van der Waals surface area contributed by atoms with Crippen molar-refractivity contribution in [2.45, 2.75) is 43.8 Å². The second kappa shape index (κ2) is 14.1. The van der Waals surface area contributed by atoms with Crippen LogP contribution in [0.15, 0.2) is 24.3 Å². The Hall–Kier alpha value is -2.99. The third-order valence-electron chi connectivity index (χ3n) is 4.62. The van der Waals surface area contributed by atoms with Gasteiger partial charge in [0.05, 0.1) is 6.04 Å². The van der Waals surface area contributed by atoms with Crippen LogP contribution >= 0.6 is 11.8 Å². The van der Waals surface area contributed by atoms with Crippen LogP contribution in [0.5, 0.6) is 5.75 Å². The van der Waals surface area contributed by atoms with Crippen molar-refractivity contribution in [3.05, 3.63) is 29.8 Å². The van der Waals surface area contributed by atoms with Crippen LogP contribution in [0.25, 0.3) is 0 Å². The normalized spacial score (nSPS) is 13.4. The molecule has 3 amide bonds. The van der Waals surface area contributed by atoms with Gasteiger partial charge in [-0.1, -0.05) is 12.1 Å². The molecule has 0 aliphatic carbocycles. The van der Waals surface area contributed by atoms with Gasteiger partial charge in [0.15, 0.2) is 5.96 Å². The zero-order chi connectivity index (χ0) is 24.1. The molecule has 0 fully saturated rings. The molecule has 0 radical (unpaired) electrons. The van der Waals surface area contributed by atoms with E-state index in [2.05, 4.69) is 16.0 Å². The fourth-order valence-corrected chi connectivity index (χ4v) is 3.32. The van der Waals surface area contributed by atoms with Gasteiger partial charge in [-0.05, 0) is 55.4 Å². The molecule has 0 saturated carbocycles. The summed E-state index contributed by atoms with van der Waals surface area (Å²) >= 11 is 1.52. The molecular formula is C20H33N7O4S. The first-order chi connectivity index (χ1) is 15.1. The number of primary amides is 1. The Morgan fingerprint density at radius 2 is 1.69 bits per heavy atom. The number of nitrogens with one attached hydrogen (secondary N) is 4. The van der Waals surface area contributed by atoms with E-state index in [1.807, 2.05) is 6.26 Å². The van der Waals surface area contributed by atoms with Gasteiger partial charge in [0.2, 0.25) is 17.7 Å². The van der Waals surface area contributed by atoms with Crippen molar-refractivity contribution in [1.29, 1.82) is 5.41 Å². The SMILES string of the molecule is CSCC[C@@H](NC(=O)[C@H](CCCNC(=N)N)NC(=O)[C@@H](N)Cc1ccc(O)cc1)C(N)=O. The van der Waals surface area contributed by atoms with Crippen LogP contribution in [0.1, 0.15) is 24.8 Å². The minimum absolute atomic E-state index is 0.105. The van der Waals surface area contributed by atoms with E-state index in [0.717, 1.165) is 5.56 Å². The van der Waals surface area contributed by atoms with E-state index >= 15 is 0 Å². The molecule has 0 aliphatic rings. The van der Waals surface area contributed by atoms with Crippen molar-refractivity contribution in [3.8, 4) is 5.75 Å². The Balaban J connectivity index is 2.80. The molecule has 0 aromatic heterocycles. The number of phenols is 1. The number of benzene rings is 1. The molecule has 11 N–H and O–H groups in total. The van der Waals surface area contributed by atoms with Gasteiger partial charge in [-0.15, -0.1) is 0 Å². The maximum absolute atomic E-state index is 12.8. The van der Waals surface area contributed by atoms with Crippen LogP contribution in [0.3, 0.4) is 0 Å². The van der Waals surface area contributed by atoms with E-state index in [1.54, 1.807) is 12.1 Å². The molecule has 178 valence electrons. The van der Waals surface area contributed by atoms with E-state index in [9.17, 15) is 19.5 Å². The number of carbonyl (C=O) groups excluding carboxylic acids is 3. The first-order valence-electron chi connectivity index (χ1n) is 10.1. The minimum Gasteiger partial charge on any atom is -0.508 e. The van der Waals surface area contributed by atoms with Crippen molar-refractivity contribution in [3.63, 3.8) is 0 Å². The van der Waals surface area contributed by atoms with E-state index in [4.69, 9.17) is 22.6 Å². The number of hydrogen-bond acceptors (Lipinski definition) is 7. The molecule has 3 atom stereocenters. The number of nitrogens with two attached hydrogens (primary N) is 3. The van der Waals surface area contributed by atoms with Gasteiger partial charge in [-0.3, -0.25) is 19.8 Å². The highest BCUT2D eigenvalue weighted by molar-refractivity contribution is 7.98. The van der Waals surface area contributed by atoms with Gasteiger partial charge >= 0.3 is 0 Å². The number of thioether (sulfide) groups is 1. The number of rotatable bonds is 14. The topological polar surface area (TPSA) is 209 Å². The second-order valence-corrected chi connectivity index (χ2v) is 8.25. The summed E-state index contributed by atoms with van der Waals surface area (Å²) in [6.07, 6.45) is 3.12.